The predicted molar refractivity (Wildman–Crippen MR) is 133 cm³/mol. The zero-order valence-electron chi connectivity index (χ0n) is 20.4. The second-order valence-corrected chi connectivity index (χ2v) is 9.84. The second-order valence-electron chi connectivity index (χ2n) is 9.84. The Morgan fingerprint density at radius 2 is 1.60 bits per heavy atom. The van der Waals surface area contributed by atoms with Gasteiger partial charge >= 0.3 is 12.1 Å². The molecule has 0 saturated heterocycles. The number of carboxylic acids is 1. The van der Waals surface area contributed by atoms with Gasteiger partial charge in [-0.05, 0) is 48.4 Å². The van der Waals surface area contributed by atoms with E-state index in [-0.39, 0.29) is 18.4 Å². The van der Waals surface area contributed by atoms with Crippen molar-refractivity contribution in [1.82, 2.24) is 10.6 Å². The van der Waals surface area contributed by atoms with Crippen LogP contribution in [0.5, 0.6) is 0 Å². The molecule has 0 spiro atoms. The lowest BCUT2D eigenvalue weighted by molar-refractivity contribution is -0.144. The average molecular weight is 479 g/mol. The van der Waals surface area contributed by atoms with Crippen molar-refractivity contribution in [3.63, 3.8) is 0 Å². The fourth-order valence-electron chi connectivity index (χ4n) is 5.52. The summed E-state index contributed by atoms with van der Waals surface area (Å²) in [5, 5.41) is 15.2. The normalized spacial score (nSPS) is 20.7. The highest BCUT2D eigenvalue weighted by molar-refractivity contribution is 5.90. The monoisotopic (exact) mass is 478 g/mol. The molecule has 3 atom stereocenters. The van der Waals surface area contributed by atoms with E-state index < -0.39 is 29.6 Å². The first-order chi connectivity index (χ1) is 16.8. The van der Waals surface area contributed by atoms with Gasteiger partial charge in [0, 0.05) is 12.0 Å². The van der Waals surface area contributed by atoms with Crippen molar-refractivity contribution in [1.29, 1.82) is 0 Å². The van der Waals surface area contributed by atoms with Crippen LogP contribution in [-0.2, 0) is 14.3 Å². The third-order valence-corrected chi connectivity index (χ3v) is 7.37. The Hall–Kier alpha value is -3.35. The Balaban J connectivity index is 1.42. The largest absolute Gasteiger partial charge is 0.481 e. The Kier molecular flexibility index (Phi) is 7.43. The van der Waals surface area contributed by atoms with E-state index >= 15 is 0 Å². The molecular formula is C28H34N2O5. The molecule has 35 heavy (non-hydrogen) atoms. The molecule has 2 aliphatic rings. The highest BCUT2D eigenvalue weighted by atomic mass is 16.5. The predicted octanol–water partition coefficient (Wildman–Crippen LogP) is 4.84. The Bertz CT molecular complexity index is 1050. The lowest BCUT2D eigenvalue weighted by Crippen LogP contribution is -2.60. The number of amides is 2. The molecule has 2 amide bonds. The molecule has 0 heterocycles. The number of carboxylic acid groups (broad SMARTS) is 1. The SMILES string of the molecule is CCCC(C)(NC(=O)OCC1c2ccccc2-c2ccccc21)C(=O)NC1CCCCC1C(=O)O. The summed E-state index contributed by atoms with van der Waals surface area (Å²) < 4.78 is 5.66. The number of hydrogen-bond acceptors (Lipinski definition) is 4. The van der Waals surface area contributed by atoms with Crippen molar-refractivity contribution < 1.29 is 24.2 Å². The van der Waals surface area contributed by atoms with Crippen LogP contribution >= 0.6 is 0 Å². The van der Waals surface area contributed by atoms with E-state index in [4.69, 9.17) is 4.74 Å². The van der Waals surface area contributed by atoms with Gasteiger partial charge in [-0.1, -0.05) is 74.7 Å². The van der Waals surface area contributed by atoms with E-state index in [1.54, 1.807) is 6.92 Å². The highest BCUT2D eigenvalue weighted by Crippen LogP contribution is 2.44. The highest BCUT2D eigenvalue weighted by Gasteiger charge is 2.39. The van der Waals surface area contributed by atoms with Crippen molar-refractivity contribution in [3.8, 4) is 11.1 Å². The van der Waals surface area contributed by atoms with Gasteiger partial charge in [-0.2, -0.15) is 0 Å². The molecule has 2 aliphatic carbocycles. The zero-order valence-corrected chi connectivity index (χ0v) is 20.4. The van der Waals surface area contributed by atoms with Gasteiger partial charge in [0.25, 0.3) is 0 Å². The molecule has 0 bridgehead atoms. The van der Waals surface area contributed by atoms with Crippen molar-refractivity contribution >= 4 is 18.0 Å². The van der Waals surface area contributed by atoms with Gasteiger partial charge in [-0.15, -0.1) is 0 Å². The first-order valence-corrected chi connectivity index (χ1v) is 12.5. The Morgan fingerprint density at radius 3 is 2.20 bits per heavy atom. The van der Waals surface area contributed by atoms with E-state index in [2.05, 4.69) is 34.9 Å². The molecule has 4 rings (SSSR count). The van der Waals surface area contributed by atoms with Crippen LogP contribution in [0.4, 0.5) is 4.79 Å². The zero-order chi connectivity index (χ0) is 25.0. The summed E-state index contributed by atoms with van der Waals surface area (Å²) >= 11 is 0. The topological polar surface area (TPSA) is 105 Å². The van der Waals surface area contributed by atoms with Gasteiger partial charge in [-0.3, -0.25) is 9.59 Å². The molecule has 1 fully saturated rings. The number of benzene rings is 2. The number of carbonyl (C=O) groups is 3. The van der Waals surface area contributed by atoms with Gasteiger partial charge in [0.2, 0.25) is 5.91 Å². The lowest BCUT2D eigenvalue weighted by Gasteiger charge is -2.34. The molecule has 186 valence electrons. The van der Waals surface area contributed by atoms with Crippen LogP contribution in [0.25, 0.3) is 11.1 Å². The standard InChI is InChI=1S/C28H34N2O5/c1-3-16-28(2,26(33)29-24-15-9-8-14-22(24)25(31)32)30-27(34)35-17-23-20-12-6-4-10-18(20)19-11-5-7-13-21(19)23/h4-7,10-13,22-24H,3,8-9,14-17H2,1-2H3,(H,29,33)(H,30,34)(H,31,32). The van der Waals surface area contributed by atoms with Gasteiger partial charge in [0.15, 0.2) is 0 Å². The number of ether oxygens (including phenoxy) is 1. The number of alkyl carbamates (subject to hydrolysis) is 1. The van der Waals surface area contributed by atoms with Crippen LogP contribution in [0.2, 0.25) is 0 Å². The van der Waals surface area contributed by atoms with Gasteiger partial charge in [0.05, 0.1) is 5.92 Å². The summed E-state index contributed by atoms with van der Waals surface area (Å²) in [4.78, 5) is 37.8. The quantitative estimate of drug-likeness (QED) is 0.503. The van der Waals surface area contributed by atoms with E-state index in [9.17, 15) is 19.5 Å². The summed E-state index contributed by atoms with van der Waals surface area (Å²) in [5.74, 6) is -1.94. The minimum atomic E-state index is -1.20. The molecule has 1 saturated carbocycles. The van der Waals surface area contributed by atoms with E-state index in [0.717, 1.165) is 35.1 Å². The summed E-state index contributed by atoms with van der Waals surface area (Å²) in [6, 6.07) is 15.8. The minimum absolute atomic E-state index is 0.0713. The number of hydrogen-bond donors (Lipinski definition) is 3. The molecule has 2 aromatic rings. The minimum Gasteiger partial charge on any atom is -0.481 e. The maximum absolute atomic E-state index is 13.2. The van der Waals surface area contributed by atoms with E-state index in [0.29, 0.717) is 25.7 Å². The maximum atomic E-state index is 13.2. The Morgan fingerprint density at radius 1 is 1.00 bits per heavy atom. The van der Waals surface area contributed by atoms with Crippen LogP contribution < -0.4 is 10.6 Å². The van der Waals surface area contributed by atoms with Crippen LogP contribution in [-0.4, -0.2) is 41.3 Å². The molecular weight excluding hydrogens is 444 g/mol. The molecule has 0 aliphatic heterocycles. The van der Waals surface area contributed by atoms with Crippen LogP contribution in [0, 0.1) is 5.92 Å². The van der Waals surface area contributed by atoms with Crippen LogP contribution in [0.1, 0.15) is 69.4 Å². The maximum Gasteiger partial charge on any atom is 0.408 e. The lowest BCUT2D eigenvalue weighted by atomic mass is 9.83. The average Bonchev–Trinajstić information content (AvgIpc) is 3.17. The second kappa shape index (κ2) is 10.5. The molecule has 3 N–H and O–H groups in total. The Labute approximate surface area is 206 Å². The van der Waals surface area contributed by atoms with E-state index in [1.807, 2.05) is 31.2 Å². The number of nitrogens with one attached hydrogen (secondary N) is 2. The first-order valence-electron chi connectivity index (χ1n) is 12.5. The summed E-state index contributed by atoms with van der Waals surface area (Å²) in [5.41, 5.74) is 3.33. The number of rotatable bonds is 8. The van der Waals surface area contributed by atoms with Crippen molar-refractivity contribution in [2.75, 3.05) is 6.61 Å². The molecule has 0 radical (unpaired) electrons. The third-order valence-electron chi connectivity index (χ3n) is 7.37. The van der Waals surface area contributed by atoms with Crippen molar-refractivity contribution in [2.24, 2.45) is 5.92 Å². The molecule has 3 unspecified atom stereocenters. The summed E-state index contributed by atoms with van der Waals surface area (Å²) in [6.07, 6.45) is 3.30. The van der Waals surface area contributed by atoms with E-state index in [1.165, 1.54) is 0 Å². The van der Waals surface area contributed by atoms with Crippen molar-refractivity contribution in [2.45, 2.75) is 69.9 Å². The fraction of sp³-hybridized carbons (Fsp3) is 0.464. The number of aliphatic carboxylic acids is 1. The first kappa shape index (κ1) is 24.8. The third kappa shape index (κ3) is 5.19. The fourth-order valence-corrected chi connectivity index (χ4v) is 5.52. The van der Waals surface area contributed by atoms with Gasteiger partial charge < -0.3 is 20.5 Å². The van der Waals surface area contributed by atoms with Gasteiger partial charge in [-0.25, -0.2) is 4.79 Å². The molecule has 2 aromatic carbocycles. The van der Waals surface area contributed by atoms with Crippen LogP contribution in [0.15, 0.2) is 48.5 Å². The summed E-state index contributed by atoms with van der Waals surface area (Å²) in [6.45, 7) is 3.77. The van der Waals surface area contributed by atoms with Crippen molar-refractivity contribution in [3.05, 3.63) is 59.7 Å². The van der Waals surface area contributed by atoms with Crippen LogP contribution in [0.3, 0.4) is 0 Å². The van der Waals surface area contributed by atoms with Gasteiger partial charge in [0.1, 0.15) is 12.1 Å². The molecule has 0 aromatic heterocycles. The number of carbonyl (C=O) groups excluding carboxylic acids is 2. The smallest absolute Gasteiger partial charge is 0.408 e. The molecule has 7 nitrogen and oxygen atoms in total. The molecule has 7 heteroatoms. The number of fused-ring (bicyclic) bond motifs is 3. The summed E-state index contributed by atoms with van der Waals surface area (Å²) in [7, 11) is 0.